The van der Waals surface area contributed by atoms with E-state index in [0.717, 1.165) is 24.8 Å². The van der Waals surface area contributed by atoms with Gasteiger partial charge in [0.1, 0.15) is 11.9 Å². The Morgan fingerprint density at radius 2 is 1.78 bits per heavy atom. The van der Waals surface area contributed by atoms with Crippen molar-refractivity contribution in [2.45, 2.75) is 112 Å². The van der Waals surface area contributed by atoms with Gasteiger partial charge in [-0.05, 0) is 98.4 Å². The summed E-state index contributed by atoms with van der Waals surface area (Å²) in [4.78, 5) is 37.4. The lowest BCUT2D eigenvalue weighted by molar-refractivity contribution is -0.223. The van der Waals surface area contributed by atoms with Crippen LogP contribution in [-0.4, -0.2) is 40.1 Å². The lowest BCUT2D eigenvalue weighted by atomic mass is 9.36. The SMILES string of the molecule is CC(=O)O[C@H]1C[C@@]2(C)[C@@H](C[C@@H](O)[C@H]3[C@@]4(C)CCC(=O)[C@@H](C)[C@@H]4CC[C@@]32C)/C1=C(/CCC=C(C)C)C(=O)O. The number of esters is 1. The monoisotopic (exact) mass is 514 g/mol. The molecule has 37 heavy (non-hydrogen) atoms. The van der Waals surface area contributed by atoms with Gasteiger partial charge in [0.05, 0.1) is 6.10 Å². The molecule has 4 saturated carbocycles. The molecule has 0 aromatic rings. The van der Waals surface area contributed by atoms with Crippen molar-refractivity contribution in [2.75, 3.05) is 0 Å². The Hall–Kier alpha value is -1.95. The molecule has 4 rings (SSSR count). The van der Waals surface area contributed by atoms with Crippen molar-refractivity contribution >= 4 is 17.7 Å². The normalized spacial score (nSPS) is 44.3. The van der Waals surface area contributed by atoms with Crippen LogP contribution in [0, 0.1) is 39.9 Å². The van der Waals surface area contributed by atoms with Crippen molar-refractivity contribution < 1.29 is 29.3 Å². The summed E-state index contributed by atoms with van der Waals surface area (Å²) in [6, 6.07) is 0. The summed E-state index contributed by atoms with van der Waals surface area (Å²) in [6.45, 7) is 14.3. The number of hydrogen-bond donors (Lipinski definition) is 2. The van der Waals surface area contributed by atoms with Crippen LogP contribution in [0.25, 0.3) is 0 Å². The molecule has 0 aromatic heterocycles. The zero-order valence-corrected chi connectivity index (χ0v) is 23.7. The second-order valence-corrected chi connectivity index (χ2v) is 13.4. The summed E-state index contributed by atoms with van der Waals surface area (Å²) in [5.41, 5.74) is 1.42. The molecule has 2 N–H and O–H groups in total. The molecule has 9 atom stereocenters. The van der Waals surface area contributed by atoms with Gasteiger partial charge in [-0.2, -0.15) is 0 Å². The highest BCUT2D eigenvalue weighted by atomic mass is 16.5. The molecular weight excluding hydrogens is 468 g/mol. The van der Waals surface area contributed by atoms with Crippen molar-refractivity contribution in [3.63, 3.8) is 0 Å². The number of rotatable bonds is 5. The van der Waals surface area contributed by atoms with Crippen LogP contribution in [0.4, 0.5) is 0 Å². The third-order valence-corrected chi connectivity index (χ3v) is 11.4. The molecule has 0 unspecified atom stereocenters. The van der Waals surface area contributed by atoms with Crippen LogP contribution in [0.5, 0.6) is 0 Å². The Balaban J connectivity index is 1.83. The summed E-state index contributed by atoms with van der Waals surface area (Å²) in [5, 5.41) is 22.2. The summed E-state index contributed by atoms with van der Waals surface area (Å²) in [7, 11) is 0. The van der Waals surface area contributed by atoms with Crippen molar-refractivity contribution in [3.05, 3.63) is 22.8 Å². The molecule has 6 heteroatoms. The molecule has 206 valence electrons. The number of ketones is 1. The number of aliphatic hydroxyl groups excluding tert-OH is 1. The van der Waals surface area contributed by atoms with Crippen LogP contribution >= 0.6 is 0 Å². The van der Waals surface area contributed by atoms with Crippen molar-refractivity contribution in [2.24, 2.45) is 39.9 Å². The molecule has 0 bridgehead atoms. The number of aliphatic carboxylic acids is 1. The summed E-state index contributed by atoms with van der Waals surface area (Å²) >= 11 is 0. The van der Waals surface area contributed by atoms with E-state index in [1.165, 1.54) is 6.92 Å². The molecule has 0 amide bonds. The fourth-order valence-corrected chi connectivity index (χ4v) is 9.60. The molecule has 0 aromatic carbocycles. The highest BCUT2D eigenvalue weighted by Crippen LogP contribution is 2.74. The number of carboxylic acids is 1. The number of hydrogen-bond acceptors (Lipinski definition) is 5. The van der Waals surface area contributed by atoms with Crippen molar-refractivity contribution in [3.8, 4) is 0 Å². The van der Waals surface area contributed by atoms with Gasteiger partial charge in [-0.3, -0.25) is 9.59 Å². The number of aliphatic hydroxyl groups is 1. The first-order chi connectivity index (χ1) is 17.2. The number of carboxylic acid groups (broad SMARTS) is 1. The molecule has 6 nitrogen and oxygen atoms in total. The Morgan fingerprint density at radius 1 is 1.11 bits per heavy atom. The van der Waals surface area contributed by atoms with Crippen LogP contribution in [-0.2, 0) is 19.1 Å². The number of allylic oxidation sites excluding steroid dienone is 2. The molecule has 4 aliphatic carbocycles. The van der Waals surface area contributed by atoms with Crippen LogP contribution < -0.4 is 0 Å². The number of ether oxygens (including phenoxy) is 1. The molecule has 0 spiro atoms. The topological polar surface area (TPSA) is 101 Å². The van der Waals surface area contributed by atoms with Gasteiger partial charge in [-0.25, -0.2) is 4.79 Å². The Labute approximate surface area is 221 Å². The third kappa shape index (κ3) is 4.31. The highest BCUT2D eigenvalue weighted by molar-refractivity contribution is 5.88. The van der Waals surface area contributed by atoms with Crippen molar-refractivity contribution in [1.82, 2.24) is 0 Å². The first kappa shape index (κ1) is 28.1. The van der Waals surface area contributed by atoms with E-state index < -0.39 is 24.1 Å². The number of Topliss-reactive ketones (excluding diaryl/α,β-unsaturated/α-hetero) is 1. The van der Waals surface area contributed by atoms with Crippen molar-refractivity contribution in [1.29, 1.82) is 0 Å². The Bertz CT molecular complexity index is 1040. The first-order valence-electron chi connectivity index (χ1n) is 14.1. The van der Waals surface area contributed by atoms with Crippen LogP contribution in [0.1, 0.15) is 99.8 Å². The number of carbonyl (C=O) groups is 3. The lowest BCUT2D eigenvalue weighted by Crippen LogP contribution is -2.65. The van der Waals surface area contributed by atoms with Gasteiger partial charge in [0, 0.05) is 24.8 Å². The van der Waals surface area contributed by atoms with E-state index in [-0.39, 0.29) is 39.9 Å². The maximum atomic E-state index is 12.6. The van der Waals surface area contributed by atoms with Crippen LogP contribution in [0.2, 0.25) is 0 Å². The van der Waals surface area contributed by atoms with Gasteiger partial charge in [0.15, 0.2) is 0 Å². The second kappa shape index (κ2) is 9.66. The predicted octanol–water partition coefficient (Wildman–Crippen LogP) is 5.87. The molecule has 4 aliphatic rings. The van der Waals surface area contributed by atoms with E-state index in [9.17, 15) is 24.6 Å². The van der Waals surface area contributed by atoms with Gasteiger partial charge >= 0.3 is 11.9 Å². The van der Waals surface area contributed by atoms with Crippen LogP contribution in [0.15, 0.2) is 22.8 Å². The van der Waals surface area contributed by atoms with Gasteiger partial charge in [0.25, 0.3) is 0 Å². The highest BCUT2D eigenvalue weighted by Gasteiger charge is 2.70. The van der Waals surface area contributed by atoms with E-state index in [4.69, 9.17) is 4.74 Å². The van der Waals surface area contributed by atoms with E-state index >= 15 is 0 Å². The zero-order valence-electron chi connectivity index (χ0n) is 23.7. The lowest BCUT2D eigenvalue weighted by Gasteiger charge is -2.68. The standard InChI is InChI=1S/C31H46O6/c1-17(2)9-8-10-20(28(35)36)26-22-15-24(34)27-29(5)13-12-23(33)18(3)21(29)11-14-30(27,6)31(22,7)16-25(26)37-19(4)32/h9,18,21-22,24-25,27,34H,8,10-16H2,1-7H3,(H,35,36)/b26-20+/t18-,21-,22-,24+,25-,27-,29-,30-,31-/m0/s1. The fraction of sp³-hybridized carbons (Fsp3) is 0.774. The van der Waals surface area contributed by atoms with E-state index in [1.807, 2.05) is 19.9 Å². The largest absolute Gasteiger partial charge is 0.478 e. The number of carbonyl (C=O) groups excluding carboxylic acids is 2. The zero-order chi connectivity index (χ0) is 27.5. The molecule has 4 fully saturated rings. The first-order valence-corrected chi connectivity index (χ1v) is 14.1. The molecule has 0 aliphatic heterocycles. The van der Waals surface area contributed by atoms with E-state index in [1.54, 1.807) is 0 Å². The summed E-state index contributed by atoms with van der Waals surface area (Å²) in [5.74, 6) is -0.945. The maximum absolute atomic E-state index is 12.6. The molecule has 0 saturated heterocycles. The average molecular weight is 515 g/mol. The number of fused-ring (bicyclic) bond motifs is 5. The summed E-state index contributed by atoms with van der Waals surface area (Å²) < 4.78 is 5.86. The maximum Gasteiger partial charge on any atom is 0.331 e. The van der Waals surface area contributed by atoms with Gasteiger partial charge < -0.3 is 14.9 Å². The average Bonchev–Trinajstić information content (AvgIpc) is 3.05. The van der Waals surface area contributed by atoms with Gasteiger partial charge in [-0.15, -0.1) is 0 Å². The second-order valence-electron chi connectivity index (χ2n) is 13.4. The Morgan fingerprint density at radius 3 is 2.38 bits per heavy atom. The molecule has 0 radical (unpaired) electrons. The minimum absolute atomic E-state index is 0.00236. The summed E-state index contributed by atoms with van der Waals surface area (Å²) in [6.07, 6.45) is 6.01. The molecular formula is C31H46O6. The minimum atomic E-state index is -0.962. The minimum Gasteiger partial charge on any atom is -0.478 e. The van der Waals surface area contributed by atoms with E-state index in [0.29, 0.717) is 49.0 Å². The van der Waals surface area contributed by atoms with E-state index in [2.05, 4.69) is 27.7 Å². The quantitative estimate of drug-likeness (QED) is 0.270. The predicted molar refractivity (Wildman–Crippen MR) is 142 cm³/mol. The van der Waals surface area contributed by atoms with Gasteiger partial charge in [0.2, 0.25) is 0 Å². The Kier molecular flexibility index (Phi) is 7.33. The van der Waals surface area contributed by atoms with Gasteiger partial charge in [-0.1, -0.05) is 39.3 Å². The van der Waals surface area contributed by atoms with Crippen LogP contribution in [0.3, 0.4) is 0 Å². The fourth-order valence-electron chi connectivity index (χ4n) is 9.60. The third-order valence-electron chi connectivity index (χ3n) is 11.4. The molecule has 0 heterocycles. The smallest absolute Gasteiger partial charge is 0.331 e.